The van der Waals surface area contributed by atoms with Gasteiger partial charge in [-0.15, -0.1) is 5.10 Å². The Morgan fingerprint density at radius 2 is 1.71 bits per heavy atom. The maximum absolute atomic E-state index is 12.3. The van der Waals surface area contributed by atoms with Crippen molar-refractivity contribution < 1.29 is 17.6 Å². The standard InChI is InChI=1S/C23H27N3O4S/c1-16(2)19-10-8-18(9-11-19)15-22-25-26-23(30-22)24-21(27)5-4-14-31(28,29)20-12-6-17(3)7-13-20/h6-13,16H,4-5,14-15H2,1-3H3,(H,24,26,27). The summed E-state index contributed by atoms with van der Waals surface area (Å²) in [5.74, 6) is 0.390. The minimum absolute atomic E-state index is 0.0141. The molecule has 3 rings (SSSR count). The van der Waals surface area contributed by atoms with Crippen LogP contribution in [-0.4, -0.2) is 30.3 Å². The number of amides is 1. The monoisotopic (exact) mass is 441 g/mol. The molecule has 3 aromatic rings. The smallest absolute Gasteiger partial charge is 0.322 e. The van der Waals surface area contributed by atoms with Crippen molar-refractivity contribution in [1.82, 2.24) is 10.2 Å². The molecular weight excluding hydrogens is 414 g/mol. The van der Waals surface area contributed by atoms with Crippen molar-refractivity contribution in [2.24, 2.45) is 0 Å². The number of rotatable bonds is 9. The molecule has 0 saturated heterocycles. The Bertz CT molecular complexity index is 1120. The summed E-state index contributed by atoms with van der Waals surface area (Å²) in [4.78, 5) is 12.4. The molecule has 1 N–H and O–H groups in total. The molecule has 164 valence electrons. The van der Waals surface area contributed by atoms with Crippen LogP contribution in [0.5, 0.6) is 0 Å². The van der Waals surface area contributed by atoms with E-state index < -0.39 is 9.84 Å². The molecule has 8 heteroatoms. The van der Waals surface area contributed by atoms with E-state index in [1.165, 1.54) is 5.56 Å². The lowest BCUT2D eigenvalue weighted by atomic mass is 10.0. The van der Waals surface area contributed by atoms with Crippen molar-refractivity contribution in [3.05, 3.63) is 71.1 Å². The number of carbonyl (C=O) groups is 1. The zero-order valence-electron chi connectivity index (χ0n) is 18.0. The van der Waals surface area contributed by atoms with E-state index in [2.05, 4.69) is 41.5 Å². The van der Waals surface area contributed by atoms with E-state index in [4.69, 9.17) is 4.42 Å². The summed E-state index contributed by atoms with van der Waals surface area (Å²) in [6, 6.07) is 14.9. The van der Waals surface area contributed by atoms with Crippen LogP contribution in [0, 0.1) is 6.92 Å². The number of hydrogen-bond donors (Lipinski definition) is 1. The average molecular weight is 442 g/mol. The lowest BCUT2D eigenvalue weighted by Gasteiger charge is -2.05. The maximum atomic E-state index is 12.3. The zero-order valence-corrected chi connectivity index (χ0v) is 18.8. The topological polar surface area (TPSA) is 102 Å². The third kappa shape index (κ3) is 6.49. The van der Waals surface area contributed by atoms with Crippen LogP contribution >= 0.6 is 0 Å². The summed E-state index contributed by atoms with van der Waals surface area (Å²) in [5.41, 5.74) is 3.28. The van der Waals surface area contributed by atoms with E-state index in [0.29, 0.717) is 18.2 Å². The van der Waals surface area contributed by atoms with E-state index in [0.717, 1.165) is 11.1 Å². The van der Waals surface area contributed by atoms with E-state index in [-0.39, 0.29) is 35.4 Å². The predicted octanol–water partition coefficient (Wildman–Crippen LogP) is 4.28. The summed E-state index contributed by atoms with van der Waals surface area (Å²) in [6.45, 7) is 6.17. The molecule has 0 spiro atoms. The Balaban J connectivity index is 1.48. The van der Waals surface area contributed by atoms with Gasteiger partial charge in [0.15, 0.2) is 9.84 Å². The van der Waals surface area contributed by atoms with Crippen LogP contribution in [-0.2, 0) is 21.1 Å². The summed E-state index contributed by atoms with van der Waals surface area (Å²) >= 11 is 0. The number of nitrogens with zero attached hydrogens (tertiary/aromatic N) is 2. The Morgan fingerprint density at radius 1 is 1.03 bits per heavy atom. The molecular formula is C23H27N3O4S. The molecule has 0 radical (unpaired) electrons. The Labute approximate surface area is 182 Å². The number of anilines is 1. The van der Waals surface area contributed by atoms with Crippen molar-refractivity contribution in [1.29, 1.82) is 0 Å². The van der Waals surface area contributed by atoms with Gasteiger partial charge in [0, 0.05) is 6.42 Å². The highest BCUT2D eigenvalue weighted by atomic mass is 32.2. The second-order valence-electron chi connectivity index (χ2n) is 7.86. The number of carbonyl (C=O) groups excluding carboxylic acids is 1. The van der Waals surface area contributed by atoms with E-state index >= 15 is 0 Å². The molecule has 0 aliphatic heterocycles. The molecule has 0 fully saturated rings. The Morgan fingerprint density at radius 3 is 2.35 bits per heavy atom. The minimum Gasteiger partial charge on any atom is -0.407 e. The SMILES string of the molecule is Cc1ccc(S(=O)(=O)CCCC(=O)Nc2nnc(Cc3ccc(C(C)C)cc3)o2)cc1. The summed E-state index contributed by atoms with van der Waals surface area (Å²) in [6.07, 6.45) is 0.709. The van der Waals surface area contributed by atoms with Gasteiger partial charge in [-0.25, -0.2) is 8.42 Å². The average Bonchev–Trinajstić information content (AvgIpc) is 3.15. The van der Waals surface area contributed by atoms with Crippen molar-refractivity contribution in [3.8, 4) is 0 Å². The molecule has 1 heterocycles. The largest absolute Gasteiger partial charge is 0.407 e. The fourth-order valence-corrected chi connectivity index (χ4v) is 4.35. The van der Waals surface area contributed by atoms with Crippen LogP contribution in [0.1, 0.15) is 55.2 Å². The Kier molecular flexibility index (Phi) is 7.22. The van der Waals surface area contributed by atoms with Crippen LogP contribution in [0.25, 0.3) is 0 Å². The van der Waals surface area contributed by atoms with Crippen LogP contribution in [0.4, 0.5) is 6.01 Å². The second kappa shape index (κ2) is 9.87. The first-order valence-electron chi connectivity index (χ1n) is 10.2. The van der Waals surface area contributed by atoms with E-state index in [1.807, 2.05) is 19.1 Å². The molecule has 1 aromatic heterocycles. The first-order valence-corrected chi connectivity index (χ1v) is 11.9. The summed E-state index contributed by atoms with van der Waals surface area (Å²) in [5, 5.41) is 10.3. The van der Waals surface area contributed by atoms with Crippen molar-refractivity contribution >= 4 is 21.8 Å². The van der Waals surface area contributed by atoms with Gasteiger partial charge in [-0.05, 0) is 42.5 Å². The number of aromatic nitrogens is 2. The third-order valence-corrected chi connectivity index (χ3v) is 6.73. The van der Waals surface area contributed by atoms with Gasteiger partial charge < -0.3 is 4.42 Å². The fraction of sp³-hybridized carbons (Fsp3) is 0.348. The predicted molar refractivity (Wildman–Crippen MR) is 119 cm³/mol. The highest BCUT2D eigenvalue weighted by Gasteiger charge is 2.16. The number of aryl methyl sites for hydroxylation is 1. The van der Waals surface area contributed by atoms with E-state index in [9.17, 15) is 13.2 Å². The molecule has 1 amide bonds. The van der Waals surface area contributed by atoms with Crippen LogP contribution in [0.3, 0.4) is 0 Å². The summed E-state index contributed by atoms with van der Waals surface area (Å²) in [7, 11) is -3.42. The fourth-order valence-electron chi connectivity index (χ4n) is 3.04. The number of nitrogens with one attached hydrogen (secondary N) is 1. The van der Waals surface area contributed by atoms with Gasteiger partial charge in [0.2, 0.25) is 11.8 Å². The first-order chi connectivity index (χ1) is 14.7. The highest BCUT2D eigenvalue weighted by Crippen LogP contribution is 2.18. The van der Waals surface area contributed by atoms with Crippen molar-refractivity contribution in [2.75, 3.05) is 11.1 Å². The third-order valence-electron chi connectivity index (χ3n) is 4.91. The van der Waals surface area contributed by atoms with E-state index in [1.54, 1.807) is 24.3 Å². The molecule has 0 aliphatic carbocycles. The van der Waals surface area contributed by atoms with Crippen LogP contribution < -0.4 is 5.32 Å². The highest BCUT2D eigenvalue weighted by molar-refractivity contribution is 7.91. The number of hydrogen-bond acceptors (Lipinski definition) is 6. The number of benzene rings is 2. The van der Waals surface area contributed by atoms with Gasteiger partial charge in [-0.1, -0.05) is 60.9 Å². The molecule has 0 atom stereocenters. The van der Waals surface area contributed by atoms with Gasteiger partial charge in [0.25, 0.3) is 0 Å². The second-order valence-corrected chi connectivity index (χ2v) is 9.97. The van der Waals surface area contributed by atoms with Gasteiger partial charge in [0.1, 0.15) is 0 Å². The van der Waals surface area contributed by atoms with Gasteiger partial charge >= 0.3 is 6.01 Å². The van der Waals surface area contributed by atoms with Crippen molar-refractivity contribution in [2.45, 2.75) is 50.8 Å². The van der Waals surface area contributed by atoms with Gasteiger partial charge in [-0.3, -0.25) is 10.1 Å². The molecule has 0 bridgehead atoms. The quantitative estimate of drug-likeness (QED) is 0.532. The molecule has 2 aromatic carbocycles. The lowest BCUT2D eigenvalue weighted by molar-refractivity contribution is -0.116. The van der Waals surface area contributed by atoms with Gasteiger partial charge in [0.05, 0.1) is 17.1 Å². The normalized spacial score (nSPS) is 11.6. The Hall–Kier alpha value is -3.00. The van der Waals surface area contributed by atoms with Crippen molar-refractivity contribution in [3.63, 3.8) is 0 Å². The van der Waals surface area contributed by atoms with Crippen LogP contribution in [0.2, 0.25) is 0 Å². The molecule has 7 nitrogen and oxygen atoms in total. The molecule has 0 saturated carbocycles. The molecule has 31 heavy (non-hydrogen) atoms. The van der Waals surface area contributed by atoms with Crippen LogP contribution in [0.15, 0.2) is 57.8 Å². The minimum atomic E-state index is -3.42. The molecule has 0 aliphatic rings. The summed E-state index contributed by atoms with van der Waals surface area (Å²) < 4.78 is 30.2. The first kappa shape index (κ1) is 22.7. The zero-order chi connectivity index (χ0) is 22.4. The maximum Gasteiger partial charge on any atom is 0.322 e. The number of sulfone groups is 1. The van der Waals surface area contributed by atoms with Gasteiger partial charge in [-0.2, -0.15) is 0 Å². The molecule has 0 unspecified atom stereocenters. The lowest BCUT2D eigenvalue weighted by Crippen LogP contribution is -2.14.